The van der Waals surface area contributed by atoms with Crippen molar-refractivity contribution in [2.24, 2.45) is 5.73 Å². The zero-order valence-electron chi connectivity index (χ0n) is 20.6. The SMILES string of the molecule is CC(=O)CCNc1cc(-n2c3ccccc3c3c(-c4nc5ccc(F)cc5[nH]4)cccc32)ccc1C(N)=O. The molecule has 4 N–H and O–H groups in total. The number of imidazole rings is 1. The van der Waals surface area contributed by atoms with Crippen molar-refractivity contribution in [1.29, 1.82) is 0 Å². The van der Waals surface area contributed by atoms with Crippen molar-refractivity contribution < 1.29 is 14.0 Å². The van der Waals surface area contributed by atoms with E-state index in [0.717, 1.165) is 33.1 Å². The average Bonchev–Trinajstić information content (AvgIpc) is 3.47. The summed E-state index contributed by atoms with van der Waals surface area (Å²) in [5, 5.41) is 5.22. The van der Waals surface area contributed by atoms with Crippen LogP contribution >= 0.6 is 0 Å². The molecule has 7 nitrogen and oxygen atoms in total. The maximum atomic E-state index is 13.8. The Balaban J connectivity index is 1.57. The van der Waals surface area contributed by atoms with Gasteiger partial charge < -0.3 is 20.6 Å². The highest BCUT2D eigenvalue weighted by Gasteiger charge is 2.19. The van der Waals surface area contributed by atoms with Crippen LogP contribution in [0.1, 0.15) is 23.7 Å². The number of primary amides is 1. The van der Waals surface area contributed by atoms with Crippen LogP contribution in [0.4, 0.5) is 10.1 Å². The van der Waals surface area contributed by atoms with Gasteiger partial charge in [-0.1, -0.05) is 30.3 Å². The summed E-state index contributed by atoms with van der Waals surface area (Å²) in [7, 11) is 0. The summed E-state index contributed by atoms with van der Waals surface area (Å²) < 4.78 is 15.9. The lowest BCUT2D eigenvalue weighted by Gasteiger charge is -2.14. The highest BCUT2D eigenvalue weighted by atomic mass is 19.1. The fourth-order valence-electron chi connectivity index (χ4n) is 5.01. The van der Waals surface area contributed by atoms with Crippen LogP contribution in [0.2, 0.25) is 0 Å². The lowest BCUT2D eigenvalue weighted by molar-refractivity contribution is -0.116. The third kappa shape index (κ3) is 3.96. The molecule has 0 saturated carbocycles. The number of para-hydroxylation sites is 1. The fraction of sp³-hybridized carbons (Fsp3) is 0.100. The summed E-state index contributed by atoms with van der Waals surface area (Å²) >= 11 is 0. The number of H-pyrrole nitrogens is 1. The molecule has 0 saturated heterocycles. The molecule has 188 valence electrons. The number of hydrogen-bond donors (Lipinski definition) is 3. The van der Waals surface area contributed by atoms with Crippen LogP contribution in [0.5, 0.6) is 0 Å². The molecule has 0 atom stereocenters. The van der Waals surface area contributed by atoms with Crippen molar-refractivity contribution in [3.05, 3.63) is 90.2 Å². The highest BCUT2D eigenvalue weighted by Crippen LogP contribution is 2.38. The topological polar surface area (TPSA) is 106 Å². The molecule has 0 unspecified atom stereocenters. The van der Waals surface area contributed by atoms with E-state index in [0.29, 0.717) is 41.1 Å². The number of nitrogens with two attached hydrogens (primary N) is 1. The predicted octanol–water partition coefficient (Wildman–Crippen LogP) is 5.96. The van der Waals surface area contributed by atoms with Gasteiger partial charge in [0.05, 0.1) is 27.6 Å². The quantitative estimate of drug-likeness (QED) is 0.249. The first-order chi connectivity index (χ1) is 18.4. The number of rotatable bonds is 7. The summed E-state index contributed by atoms with van der Waals surface area (Å²) in [4.78, 5) is 31.6. The van der Waals surface area contributed by atoms with Crippen LogP contribution in [-0.2, 0) is 4.79 Å². The van der Waals surface area contributed by atoms with E-state index in [1.807, 2.05) is 48.5 Å². The average molecular weight is 506 g/mol. The molecular weight excluding hydrogens is 481 g/mol. The Bertz CT molecular complexity index is 1890. The van der Waals surface area contributed by atoms with Gasteiger partial charge in [-0.2, -0.15) is 0 Å². The summed E-state index contributed by atoms with van der Waals surface area (Å²) in [6.45, 7) is 1.92. The van der Waals surface area contributed by atoms with Crippen molar-refractivity contribution in [2.75, 3.05) is 11.9 Å². The third-order valence-electron chi connectivity index (χ3n) is 6.72. The molecule has 6 aromatic rings. The van der Waals surface area contributed by atoms with E-state index in [2.05, 4.69) is 20.9 Å². The number of nitrogens with one attached hydrogen (secondary N) is 2. The van der Waals surface area contributed by atoms with E-state index in [9.17, 15) is 14.0 Å². The smallest absolute Gasteiger partial charge is 0.250 e. The van der Waals surface area contributed by atoms with Crippen LogP contribution in [-0.4, -0.2) is 32.8 Å². The normalized spacial score (nSPS) is 11.4. The first-order valence-corrected chi connectivity index (χ1v) is 12.3. The largest absolute Gasteiger partial charge is 0.384 e. The van der Waals surface area contributed by atoms with Crippen LogP contribution in [0.15, 0.2) is 78.9 Å². The molecule has 4 aromatic carbocycles. The van der Waals surface area contributed by atoms with Crippen LogP contribution in [0, 0.1) is 5.82 Å². The second-order valence-corrected chi connectivity index (χ2v) is 9.27. The second-order valence-electron chi connectivity index (χ2n) is 9.27. The zero-order valence-corrected chi connectivity index (χ0v) is 20.6. The second kappa shape index (κ2) is 9.15. The number of ketones is 1. The summed E-state index contributed by atoms with van der Waals surface area (Å²) in [5.41, 5.74) is 11.5. The minimum atomic E-state index is -0.548. The molecule has 0 aliphatic rings. The molecule has 6 rings (SSSR count). The standard InChI is InChI=1S/C30H24FN5O2/c1-17(37)13-14-33-24-16-19(10-11-20(24)29(32)38)36-26-7-3-2-5-21(26)28-22(6-4-8-27(28)36)30-34-23-12-9-18(31)15-25(23)35-30/h2-12,15-16,33H,13-14H2,1H3,(H2,32,38)(H,34,35). The van der Waals surface area contributed by atoms with Gasteiger partial charge in [0.1, 0.15) is 17.4 Å². The van der Waals surface area contributed by atoms with Gasteiger partial charge in [0.2, 0.25) is 0 Å². The number of carbonyl (C=O) groups excluding carboxylic acids is 2. The molecule has 8 heteroatoms. The third-order valence-corrected chi connectivity index (χ3v) is 6.72. The van der Waals surface area contributed by atoms with Crippen molar-refractivity contribution >= 4 is 50.2 Å². The molecule has 0 bridgehead atoms. The summed E-state index contributed by atoms with van der Waals surface area (Å²) in [6, 6.07) is 24.0. The number of fused-ring (bicyclic) bond motifs is 4. The highest BCUT2D eigenvalue weighted by molar-refractivity contribution is 6.15. The molecule has 0 spiro atoms. The van der Waals surface area contributed by atoms with Crippen molar-refractivity contribution in [1.82, 2.24) is 14.5 Å². The van der Waals surface area contributed by atoms with Gasteiger partial charge in [0.25, 0.3) is 5.91 Å². The van der Waals surface area contributed by atoms with Gasteiger partial charge in [-0.25, -0.2) is 9.37 Å². The Morgan fingerprint density at radius 1 is 1.00 bits per heavy atom. The van der Waals surface area contributed by atoms with Crippen molar-refractivity contribution in [3.8, 4) is 17.1 Å². The van der Waals surface area contributed by atoms with E-state index in [4.69, 9.17) is 10.7 Å². The maximum absolute atomic E-state index is 13.8. The Morgan fingerprint density at radius 2 is 1.82 bits per heavy atom. The number of nitrogens with zero attached hydrogens (tertiary/aromatic N) is 2. The van der Waals surface area contributed by atoms with E-state index >= 15 is 0 Å². The van der Waals surface area contributed by atoms with Gasteiger partial charge >= 0.3 is 0 Å². The predicted molar refractivity (Wildman–Crippen MR) is 148 cm³/mol. The Kier molecular flexibility index (Phi) is 5.64. The van der Waals surface area contributed by atoms with Crippen molar-refractivity contribution in [3.63, 3.8) is 0 Å². The number of benzene rings is 4. The van der Waals surface area contributed by atoms with E-state index in [-0.39, 0.29) is 11.6 Å². The number of Topliss-reactive ketones (excluding diaryl/α,β-unsaturated/α-hetero) is 1. The van der Waals surface area contributed by atoms with Crippen LogP contribution < -0.4 is 11.1 Å². The summed E-state index contributed by atoms with van der Waals surface area (Å²) in [6.07, 6.45) is 0.336. The fourth-order valence-corrected chi connectivity index (χ4v) is 5.01. The molecule has 0 aliphatic carbocycles. The van der Waals surface area contributed by atoms with E-state index in [1.165, 1.54) is 19.1 Å². The number of carbonyl (C=O) groups is 2. The summed E-state index contributed by atoms with van der Waals surface area (Å²) in [5.74, 6) is -0.172. The van der Waals surface area contributed by atoms with Crippen LogP contribution in [0.3, 0.4) is 0 Å². The lowest BCUT2D eigenvalue weighted by atomic mass is 10.1. The van der Waals surface area contributed by atoms with Gasteiger partial charge in [-0.3, -0.25) is 9.59 Å². The monoisotopic (exact) mass is 505 g/mol. The van der Waals surface area contributed by atoms with Gasteiger partial charge in [0.15, 0.2) is 0 Å². The minimum absolute atomic E-state index is 0.0533. The first-order valence-electron chi connectivity index (χ1n) is 12.3. The first kappa shape index (κ1) is 23.4. The maximum Gasteiger partial charge on any atom is 0.250 e. The zero-order chi connectivity index (χ0) is 26.4. The number of anilines is 1. The molecule has 1 amide bonds. The number of halogens is 1. The number of amides is 1. The Labute approximate surface area is 217 Å². The van der Waals surface area contributed by atoms with Gasteiger partial charge in [0, 0.05) is 40.7 Å². The van der Waals surface area contributed by atoms with E-state index < -0.39 is 5.91 Å². The molecule has 0 fully saturated rings. The van der Waals surface area contributed by atoms with Crippen LogP contribution in [0.25, 0.3) is 49.9 Å². The Hall–Kier alpha value is -4.98. The molecule has 38 heavy (non-hydrogen) atoms. The Morgan fingerprint density at radius 3 is 2.63 bits per heavy atom. The number of aromatic nitrogens is 3. The van der Waals surface area contributed by atoms with E-state index in [1.54, 1.807) is 12.1 Å². The molecule has 0 radical (unpaired) electrons. The molecule has 2 aromatic heterocycles. The molecule has 0 aliphatic heterocycles. The van der Waals surface area contributed by atoms with Crippen molar-refractivity contribution in [2.45, 2.75) is 13.3 Å². The molecular formula is C30H24FN5O2. The number of hydrogen-bond acceptors (Lipinski definition) is 4. The van der Waals surface area contributed by atoms with Gasteiger partial charge in [-0.15, -0.1) is 0 Å². The molecule has 2 heterocycles. The lowest BCUT2D eigenvalue weighted by Crippen LogP contribution is -2.16. The van der Waals surface area contributed by atoms with Gasteiger partial charge in [-0.05, 0) is 55.5 Å². The minimum Gasteiger partial charge on any atom is -0.384 e. The number of aromatic amines is 1.